The van der Waals surface area contributed by atoms with Gasteiger partial charge in [0.05, 0.1) is 7.11 Å². The summed E-state index contributed by atoms with van der Waals surface area (Å²) in [4.78, 5) is 4.30. The Hall–Kier alpha value is -1.87. The smallest absolute Gasteiger partial charge is 0.217 e. The predicted octanol–water partition coefficient (Wildman–Crippen LogP) is 3.08. The van der Waals surface area contributed by atoms with E-state index in [4.69, 9.17) is 4.74 Å². The van der Waals surface area contributed by atoms with Crippen molar-refractivity contribution < 1.29 is 4.74 Å². The Bertz CT molecular complexity index is 624. The molecule has 3 nitrogen and oxygen atoms in total. The molecule has 0 aliphatic heterocycles. The van der Waals surface area contributed by atoms with Gasteiger partial charge in [-0.1, -0.05) is 24.3 Å². The number of ether oxygens (including phenoxy) is 1. The number of hydrogen-bond donors (Lipinski definition) is 1. The maximum Gasteiger partial charge on any atom is 0.217 e. The first-order chi connectivity index (χ1) is 10.3. The summed E-state index contributed by atoms with van der Waals surface area (Å²) in [5, 5.41) is 3.39. The third-order valence-electron chi connectivity index (χ3n) is 4.32. The number of benzene rings is 1. The fourth-order valence-electron chi connectivity index (χ4n) is 3.19. The van der Waals surface area contributed by atoms with Crippen LogP contribution in [0, 0.1) is 0 Å². The van der Waals surface area contributed by atoms with E-state index in [2.05, 4.69) is 34.6 Å². The number of hydrogen-bond acceptors (Lipinski definition) is 3. The highest BCUT2D eigenvalue weighted by Gasteiger charge is 2.17. The number of nitrogens with zero attached hydrogens (tertiary/aromatic N) is 1. The van der Waals surface area contributed by atoms with E-state index in [1.807, 2.05) is 13.1 Å². The van der Waals surface area contributed by atoms with Gasteiger partial charge >= 0.3 is 0 Å². The van der Waals surface area contributed by atoms with Crippen LogP contribution in [-0.4, -0.2) is 19.1 Å². The number of rotatable bonds is 5. The van der Waals surface area contributed by atoms with Crippen molar-refractivity contribution in [2.75, 3.05) is 14.2 Å². The zero-order valence-corrected chi connectivity index (χ0v) is 12.7. The maximum absolute atomic E-state index is 5.39. The van der Waals surface area contributed by atoms with Gasteiger partial charge in [0.1, 0.15) is 0 Å². The molecule has 3 rings (SSSR count). The lowest BCUT2D eigenvalue weighted by Crippen LogP contribution is -2.20. The highest BCUT2D eigenvalue weighted by molar-refractivity contribution is 5.37. The van der Waals surface area contributed by atoms with Crippen LogP contribution in [0.25, 0.3) is 0 Å². The summed E-state index contributed by atoms with van der Waals surface area (Å²) in [6, 6.07) is 11.2. The predicted molar refractivity (Wildman–Crippen MR) is 84.8 cm³/mol. The Kier molecular flexibility index (Phi) is 4.20. The number of aryl methyl sites for hydroxylation is 2. The Morgan fingerprint density at radius 3 is 2.90 bits per heavy atom. The van der Waals surface area contributed by atoms with Crippen molar-refractivity contribution in [1.29, 1.82) is 0 Å². The van der Waals surface area contributed by atoms with E-state index in [-0.39, 0.29) is 6.04 Å². The van der Waals surface area contributed by atoms with Gasteiger partial charge in [0.25, 0.3) is 0 Å². The Labute approximate surface area is 126 Å². The molecule has 0 amide bonds. The first kappa shape index (κ1) is 14.1. The number of likely N-dealkylation sites (N-methyl/N-ethyl adjacent to an activating group) is 1. The summed E-state index contributed by atoms with van der Waals surface area (Å²) in [6.45, 7) is 0. The quantitative estimate of drug-likeness (QED) is 0.915. The van der Waals surface area contributed by atoms with Crippen LogP contribution in [0.4, 0.5) is 0 Å². The first-order valence-electron chi connectivity index (χ1n) is 7.58. The Morgan fingerprint density at radius 2 is 2.10 bits per heavy atom. The van der Waals surface area contributed by atoms with Crippen LogP contribution in [0.2, 0.25) is 0 Å². The standard InChI is InChI=1S/C18H22N2O/c1-19-17(16-7-4-10-20-18(16)21-2)12-13-8-9-14-5-3-6-15(14)11-13/h4,7-11,17,19H,3,5-6,12H2,1-2H3. The van der Waals surface area contributed by atoms with Crippen LogP contribution in [0.1, 0.15) is 34.7 Å². The van der Waals surface area contributed by atoms with Crippen molar-refractivity contribution in [3.8, 4) is 5.88 Å². The van der Waals surface area contributed by atoms with E-state index in [0.29, 0.717) is 5.88 Å². The fraction of sp³-hybridized carbons (Fsp3) is 0.389. The van der Waals surface area contributed by atoms with Gasteiger partial charge in [-0.2, -0.15) is 0 Å². The molecule has 0 saturated carbocycles. The van der Waals surface area contributed by atoms with Crippen molar-refractivity contribution >= 4 is 0 Å². The van der Waals surface area contributed by atoms with E-state index < -0.39 is 0 Å². The molecule has 3 heteroatoms. The van der Waals surface area contributed by atoms with Crippen molar-refractivity contribution in [3.05, 3.63) is 58.8 Å². The molecule has 0 fully saturated rings. The molecule has 1 aliphatic carbocycles. The van der Waals surface area contributed by atoms with Crippen LogP contribution in [0.15, 0.2) is 36.5 Å². The van der Waals surface area contributed by atoms with Gasteiger partial charge in [0.2, 0.25) is 5.88 Å². The molecule has 0 bridgehead atoms. The fourth-order valence-corrected chi connectivity index (χ4v) is 3.19. The normalized spacial score (nSPS) is 14.8. The highest BCUT2D eigenvalue weighted by Crippen LogP contribution is 2.28. The largest absolute Gasteiger partial charge is 0.481 e. The van der Waals surface area contributed by atoms with Gasteiger partial charge in [0, 0.05) is 17.8 Å². The van der Waals surface area contributed by atoms with Gasteiger partial charge in [-0.05, 0) is 55.5 Å². The molecule has 1 atom stereocenters. The summed E-state index contributed by atoms with van der Waals surface area (Å²) in [7, 11) is 3.67. The Balaban J connectivity index is 1.84. The average molecular weight is 282 g/mol. The number of aromatic nitrogens is 1. The van der Waals surface area contributed by atoms with E-state index in [1.54, 1.807) is 13.3 Å². The zero-order valence-electron chi connectivity index (χ0n) is 12.7. The van der Waals surface area contributed by atoms with Crippen molar-refractivity contribution in [2.24, 2.45) is 0 Å². The van der Waals surface area contributed by atoms with Crippen molar-refractivity contribution in [1.82, 2.24) is 10.3 Å². The number of fused-ring (bicyclic) bond motifs is 1. The molecule has 1 aromatic heterocycles. The molecule has 110 valence electrons. The van der Waals surface area contributed by atoms with E-state index >= 15 is 0 Å². The van der Waals surface area contributed by atoms with Crippen LogP contribution in [0.5, 0.6) is 5.88 Å². The molecule has 21 heavy (non-hydrogen) atoms. The average Bonchev–Trinajstić information content (AvgIpc) is 3.00. The first-order valence-corrected chi connectivity index (χ1v) is 7.58. The SMILES string of the molecule is CNC(Cc1ccc2c(c1)CCC2)c1cccnc1OC. The molecule has 1 unspecified atom stereocenters. The van der Waals surface area contributed by atoms with Crippen molar-refractivity contribution in [3.63, 3.8) is 0 Å². The summed E-state index contributed by atoms with van der Waals surface area (Å²) < 4.78 is 5.39. The lowest BCUT2D eigenvalue weighted by atomic mass is 9.97. The molecular formula is C18H22N2O. The topological polar surface area (TPSA) is 34.2 Å². The second kappa shape index (κ2) is 6.27. The van der Waals surface area contributed by atoms with Crippen LogP contribution in [-0.2, 0) is 19.3 Å². The van der Waals surface area contributed by atoms with Crippen LogP contribution >= 0.6 is 0 Å². The van der Waals surface area contributed by atoms with E-state index in [0.717, 1.165) is 12.0 Å². The molecule has 1 aromatic carbocycles. The third kappa shape index (κ3) is 2.93. The van der Waals surface area contributed by atoms with Crippen LogP contribution in [0.3, 0.4) is 0 Å². The minimum absolute atomic E-state index is 0.216. The summed E-state index contributed by atoms with van der Waals surface area (Å²) in [5.41, 5.74) is 5.54. The van der Waals surface area contributed by atoms with Crippen molar-refractivity contribution in [2.45, 2.75) is 31.7 Å². The minimum Gasteiger partial charge on any atom is -0.481 e. The summed E-state index contributed by atoms with van der Waals surface area (Å²) in [5.74, 6) is 0.706. The Morgan fingerprint density at radius 1 is 1.24 bits per heavy atom. The molecule has 1 aliphatic rings. The second-order valence-electron chi connectivity index (χ2n) is 5.60. The molecular weight excluding hydrogens is 260 g/mol. The van der Waals surface area contributed by atoms with Gasteiger partial charge in [-0.3, -0.25) is 0 Å². The second-order valence-corrected chi connectivity index (χ2v) is 5.60. The van der Waals surface area contributed by atoms with E-state index in [1.165, 1.54) is 36.0 Å². The highest BCUT2D eigenvalue weighted by atomic mass is 16.5. The lowest BCUT2D eigenvalue weighted by molar-refractivity contribution is 0.384. The van der Waals surface area contributed by atoms with Gasteiger partial charge in [0.15, 0.2) is 0 Å². The third-order valence-corrected chi connectivity index (χ3v) is 4.32. The van der Waals surface area contributed by atoms with E-state index in [9.17, 15) is 0 Å². The molecule has 2 aromatic rings. The number of pyridine rings is 1. The number of nitrogens with one attached hydrogen (secondary N) is 1. The molecule has 1 N–H and O–H groups in total. The van der Waals surface area contributed by atoms with Gasteiger partial charge in [-0.15, -0.1) is 0 Å². The molecule has 0 saturated heterocycles. The van der Waals surface area contributed by atoms with Gasteiger partial charge in [-0.25, -0.2) is 4.98 Å². The summed E-state index contributed by atoms with van der Waals surface area (Å²) >= 11 is 0. The molecule has 0 spiro atoms. The minimum atomic E-state index is 0.216. The van der Waals surface area contributed by atoms with Gasteiger partial charge < -0.3 is 10.1 Å². The maximum atomic E-state index is 5.39. The zero-order chi connectivity index (χ0) is 14.7. The summed E-state index contributed by atoms with van der Waals surface area (Å²) in [6.07, 6.45) is 6.48. The molecule has 0 radical (unpaired) electrons. The van der Waals surface area contributed by atoms with Crippen LogP contribution < -0.4 is 10.1 Å². The number of methoxy groups -OCH3 is 1. The monoisotopic (exact) mass is 282 g/mol. The molecule has 1 heterocycles. The lowest BCUT2D eigenvalue weighted by Gasteiger charge is -2.19.